The molecule has 0 saturated heterocycles. The second kappa shape index (κ2) is 10.1. The summed E-state index contributed by atoms with van der Waals surface area (Å²) < 4.78 is 27.4. The molecule has 0 aliphatic rings. The second-order valence-electron chi connectivity index (χ2n) is 6.61. The fourth-order valence-electron chi connectivity index (χ4n) is 2.62. The average Bonchev–Trinajstić information content (AvgIpc) is 2.73. The van der Waals surface area contributed by atoms with E-state index >= 15 is 0 Å². The van der Waals surface area contributed by atoms with Crippen molar-refractivity contribution in [1.82, 2.24) is 9.97 Å². The minimum atomic E-state index is -3.84. The first kappa shape index (κ1) is 23.1. The van der Waals surface area contributed by atoms with Crippen LogP contribution in [0.3, 0.4) is 0 Å². The molecule has 0 radical (unpaired) electrons. The lowest BCUT2D eigenvalue weighted by molar-refractivity contribution is -0.115. The van der Waals surface area contributed by atoms with Crippen LogP contribution in [0.4, 0.5) is 11.6 Å². The summed E-state index contributed by atoms with van der Waals surface area (Å²) in [6.07, 6.45) is 2.11. The van der Waals surface area contributed by atoms with Gasteiger partial charge in [0.25, 0.3) is 10.0 Å². The standard InChI is InChI=1S/C21H21ClN4O3S2/c1-3-19(30-17-8-4-15(22)5-9-17)20(27)25-16-6-10-18(11-7-16)31(28,29)26-21-23-13-12-14(2)24-21/h4-13,19H,3H2,1-2H3,(H,25,27)(H,23,24,26)/t19-/m1/s1. The minimum Gasteiger partial charge on any atom is -0.325 e. The number of aryl methyl sites for hydroxylation is 1. The van der Waals surface area contributed by atoms with Gasteiger partial charge < -0.3 is 5.32 Å². The van der Waals surface area contributed by atoms with Crippen molar-refractivity contribution in [3.8, 4) is 0 Å². The van der Waals surface area contributed by atoms with Crippen molar-refractivity contribution < 1.29 is 13.2 Å². The Labute approximate surface area is 190 Å². The lowest BCUT2D eigenvalue weighted by atomic mass is 10.3. The fourth-order valence-corrected chi connectivity index (χ4v) is 4.65. The van der Waals surface area contributed by atoms with Gasteiger partial charge in [-0.25, -0.2) is 23.1 Å². The van der Waals surface area contributed by atoms with E-state index in [4.69, 9.17) is 11.6 Å². The smallest absolute Gasteiger partial charge is 0.264 e. The van der Waals surface area contributed by atoms with E-state index < -0.39 is 10.0 Å². The summed E-state index contributed by atoms with van der Waals surface area (Å²) in [5, 5.41) is 3.17. The van der Waals surface area contributed by atoms with E-state index in [2.05, 4.69) is 20.0 Å². The van der Waals surface area contributed by atoms with Gasteiger partial charge in [-0.1, -0.05) is 18.5 Å². The predicted molar refractivity (Wildman–Crippen MR) is 124 cm³/mol. The van der Waals surface area contributed by atoms with Crippen LogP contribution in [0, 0.1) is 6.92 Å². The zero-order valence-corrected chi connectivity index (χ0v) is 19.3. The van der Waals surface area contributed by atoms with Crippen LogP contribution in [0.2, 0.25) is 5.02 Å². The van der Waals surface area contributed by atoms with E-state index in [-0.39, 0.29) is 22.0 Å². The largest absolute Gasteiger partial charge is 0.325 e. The van der Waals surface area contributed by atoms with Crippen molar-refractivity contribution in [2.75, 3.05) is 10.0 Å². The van der Waals surface area contributed by atoms with Crippen LogP contribution in [0.25, 0.3) is 0 Å². The van der Waals surface area contributed by atoms with E-state index in [1.165, 1.54) is 30.1 Å². The number of carbonyl (C=O) groups is 1. The summed E-state index contributed by atoms with van der Waals surface area (Å²) >= 11 is 7.35. The number of halogens is 1. The van der Waals surface area contributed by atoms with Crippen LogP contribution < -0.4 is 10.0 Å². The Bertz CT molecular complexity index is 1150. The van der Waals surface area contributed by atoms with E-state index in [1.54, 1.807) is 37.3 Å². The van der Waals surface area contributed by atoms with Gasteiger partial charge in [0, 0.05) is 27.5 Å². The SMILES string of the molecule is CC[C@@H](Sc1ccc(Cl)cc1)C(=O)Nc1ccc(S(=O)(=O)Nc2nccc(C)n2)cc1. The number of hydrogen-bond donors (Lipinski definition) is 2. The summed E-state index contributed by atoms with van der Waals surface area (Å²) in [5.41, 5.74) is 1.15. The van der Waals surface area contributed by atoms with E-state index in [0.29, 0.717) is 22.8 Å². The van der Waals surface area contributed by atoms with Gasteiger partial charge in [0.1, 0.15) is 0 Å². The van der Waals surface area contributed by atoms with Crippen LogP contribution >= 0.6 is 23.4 Å². The van der Waals surface area contributed by atoms with Crippen molar-refractivity contribution in [2.24, 2.45) is 0 Å². The Balaban J connectivity index is 1.66. The van der Waals surface area contributed by atoms with Crippen molar-refractivity contribution in [2.45, 2.75) is 35.3 Å². The molecule has 10 heteroatoms. The van der Waals surface area contributed by atoms with Crippen molar-refractivity contribution >= 4 is 50.9 Å². The molecular weight excluding hydrogens is 456 g/mol. The number of sulfonamides is 1. The highest BCUT2D eigenvalue weighted by Gasteiger charge is 2.19. The maximum atomic E-state index is 12.7. The summed E-state index contributed by atoms with van der Waals surface area (Å²) in [5.74, 6) is -0.160. The number of carbonyl (C=O) groups excluding carboxylic acids is 1. The minimum absolute atomic E-state index is 0.00221. The van der Waals surface area contributed by atoms with Crippen LogP contribution in [0.15, 0.2) is 70.6 Å². The number of amides is 1. The van der Waals surface area contributed by atoms with Crippen LogP contribution in [0.1, 0.15) is 19.0 Å². The molecule has 0 spiro atoms. The molecule has 7 nitrogen and oxygen atoms in total. The van der Waals surface area contributed by atoms with Gasteiger partial charge in [-0.15, -0.1) is 11.8 Å². The first-order valence-electron chi connectivity index (χ1n) is 9.42. The van der Waals surface area contributed by atoms with Gasteiger partial charge >= 0.3 is 0 Å². The summed E-state index contributed by atoms with van der Waals surface area (Å²) in [4.78, 5) is 21.6. The highest BCUT2D eigenvalue weighted by atomic mass is 35.5. The molecule has 2 N–H and O–H groups in total. The molecule has 1 atom stereocenters. The summed E-state index contributed by atoms with van der Waals surface area (Å²) in [7, 11) is -3.84. The van der Waals surface area contributed by atoms with E-state index in [0.717, 1.165) is 4.90 Å². The Morgan fingerprint density at radius 3 is 2.39 bits per heavy atom. The number of thioether (sulfide) groups is 1. The summed E-state index contributed by atoms with van der Waals surface area (Å²) in [6, 6.07) is 14.9. The maximum absolute atomic E-state index is 12.7. The summed E-state index contributed by atoms with van der Waals surface area (Å²) in [6.45, 7) is 3.67. The third-order valence-electron chi connectivity index (χ3n) is 4.21. The fraction of sp³-hybridized carbons (Fsp3) is 0.190. The van der Waals surface area contributed by atoms with Crippen molar-refractivity contribution in [3.05, 3.63) is 71.5 Å². The zero-order chi connectivity index (χ0) is 22.4. The topological polar surface area (TPSA) is 101 Å². The molecule has 1 aromatic heterocycles. The third-order valence-corrected chi connectivity index (χ3v) is 7.18. The molecule has 1 amide bonds. The normalized spacial score (nSPS) is 12.2. The first-order chi connectivity index (χ1) is 14.8. The van der Waals surface area contributed by atoms with Gasteiger partial charge in [0.15, 0.2) is 0 Å². The molecule has 0 aliphatic carbocycles. The van der Waals surface area contributed by atoms with E-state index in [9.17, 15) is 13.2 Å². The molecule has 2 aromatic carbocycles. The molecule has 0 unspecified atom stereocenters. The van der Waals surface area contributed by atoms with E-state index in [1.807, 2.05) is 19.1 Å². The highest BCUT2D eigenvalue weighted by Crippen LogP contribution is 2.28. The molecule has 0 saturated carbocycles. The Morgan fingerprint density at radius 1 is 1.10 bits per heavy atom. The second-order valence-corrected chi connectivity index (χ2v) is 10.0. The number of rotatable bonds is 8. The Morgan fingerprint density at radius 2 is 1.77 bits per heavy atom. The molecule has 1 heterocycles. The van der Waals surface area contributed by atoms with Gasteiger partial charge in [0.2, 0.25) is 11.9 Å². The van der Waals surface area contributed by atoms with Crippen LogP contribution in [-0.4, -0.2) is 29.5 Å². The number of anilines is 2. The molecule has 31 heavy (non-hydrogen) atoms. The van der Waals surface area contributed by atoms with Gasteiger partial charge in [-0.05, 0) is 67.9 Å². The van der Waals surface area contributed by atoms with Crippen molar-refractivity contribution in [3.63, 3.8) is 0 Å². The molecule has 0 bridgehead atoms. The highest BCUT2D eigenvalue weighted by molar-refractivity contribution is 8.00. The molecular formula is C21H21ClN4O3S2. The lowest BCUT2D eigenvalue weighted by Gasteiger charge is -2.15. The molecule has 162 valence electrons. The molecule has 0 fully saturated rings. The third kappa shape index (κ3) is 6.43. The van der Waals surface area contributed by atoms with Gasteiger partial charge in [0.05, 0.1) is 10.1 Å². The van der Waals surface area contributed by atoms with Crippen LogP contribution in [0.5, 0.6) is 0 Å². The van der Waals surface area contributed by atoms with Gasteiger partial charge in [-0.3, -0.25) is 4.79 Å². The first-order valence-corrected chi connectivity index (χ1v) is 12.2. The number of nitrogens with one attached hydrogen (secondary N) is 2. The predicted octanol–water partition coefficient (Wildman–Crippen LogP) is 4.75. The molecule has 3 aromatic rings. The Hall–Kier alpha value is -2.62. The molecule has 0 aliphatic heterocycles. The van der Waals surface area contributed by atoms with Crippen molar-refractivity contribution in [1.29, 1.82) is 0 Å². The Kier molecular flexibility index (Phi) is 7.53. The maximum Gasteiger partial charge on any atom is 0.264 e. The van der Waals surface area contributed by atoms with Crippen LogP contribution in [-0.2, 0) is 14.8 Å². The monoisotopic (exact) mass is 476 g/mol. The quantitative estimate of drug-likeness (QED) is 0.455. The molecule has 3 rings (SSSR count). The number of nitrogens with zero attached hydrogens (tertiary/aromatic N) is 2. The number of hydrogen-bond acceptors (Lipinski definition) is 6. The van der Waals surface area contributed by atoms with Gasteiger partial charge in [-0.2, -0.15) is 0 Å². The number of benzene rings is 2. The lowest BCUT2D eigenvalue weighted by Crippen LogP contribution is -2.24. The average molecular weight is 477 g/mol. The number of aromatic nitrogens is 2. The zero-order valence-electron chi connectivity index (χ0n) is 16.9.